The molecule has 0 saturated carbocycles. The molecule has 1 N–H and O–H groups in total. The average Bonchev–Trinajstić information content (AvgIpc) is 2.64. The van der Waals surface area contributed by atoms with Crippen molar-refractivity contribution >= 4 is 18.1 Å². The quantitative estimate of drug-likeness (QED) is 0.685. The summed E-state index contributed by atoms with van der Waals surface area (Å²) in [6, 6.07) is 8.49. The van der Waals surface area contributed by atoms with E-state index in [0.717, 1.165) is 24.2 Å². The van der Waals surface area contributed by atoms with Gasteiger partial charge in [0.15, 0.2) is 0 Å². The summed E-state index contributed by atoms with van der Waals surface area (Å²) < 4.78 is 26.3. The molecule has 0 unspecified atom stereocenters. The second-order valence-electron chi connectivity index (χ2n) is 5.50. The van der Waals surface area contributed by atoms with Gasteiger partial charge < -0.3 is 9.80 Å². The van der Waals surface area contributed by atoms with Crippen molar-refractivity contribution in [3.63, 3.8) is 0 Å². The molecule has 0 spiro atoms. The van der Waals surface area contributed by atoms with Crippen LogP contribution < -0.4 is 10.3 Å². The van der Waals surface area contributed by atoms with Crippen LogP contribution in [0.3, 0.4) is 0 Å². The Bertz CT molecular complexity index is 761. The highest BCUT2D eigenvalue weighted by molar-refractivity contribution is 5.82. The van der Waals surface area contributed by atoms with Gasteiger partial charge in [0.2, 0.25) is 0 Å². The van der Waals surface area contributed by atoms with Gasteiger partial charge in [-0.25, -0.2) is 24.0 Å². The molecule has 1 saturated heterocycles. The number of hydrazone groups is 1. The van der Waals surface area contributed by atoms with Crippen LogP contribution in [0.4, 0.5) is 19.4 Å². The van der Waals surface area contributed by atoms with Crippen LogP contribution in [0.15, 0.2) is 47.7 Å². The third-order valence-electron chi connectivity index (χ3n) is 3.87. The van der Waals surface area contributed by atoms with Gasteiger partial charge >= 0.3 is 6.03 Å². The Morgan fingerprint density at radius 1 is 1.16 bits per heavy atom. The minimum Gasteiger partial charge on any atom is -0.353 e. The van der Waals surface area contributed by atoms with Gasteiger partial charge in [0.05, 0.1) is 6.21 Å². The fraction of sp³-hybridized carbons (Fsp3) is 0.235. The van der Waals surface area contributed by atoms with Crippen molar-refractivity contribution in [2.24, 2.45) is 5.10 Å². The highest BCUT2D eigenvalue weighted by atomic mass is 19.1. The molecule has 2 heterocycles. The lowest BCUT2D eigenvalue weighted by molar-refractivity contribution is 0.195. The maximum atomic E-state index is 13.5. The maximum Gasteiger partial charge on any atom is 0.337 e. The normalized spacial score (nSPS) is 14.8. The zero-order valence-corrected chi connectivity index (χ0v) is 13.4. The van der Waals surface area contributed by atoms with Crippen LogP contribution in [-0.4, -0.2) is 48.3 Å². The smallest absolute Gasteiger partial charge is 0.337 e. The van der Waals surface area contributed by atoms with Crippen molar-refractivity contribution in [3.05, 3.63) is 59.8 Å². The molecular weight excluding hydrogens is 328 g/mol. The average molecular weight is 345 g/mol. The van der Waals surface area contributed by atoms with E-state index in [1.54, 1.807) is 11.1 Å². The van der Waals surface area contributed by atoms with Crippen molar-refractivity contribution in [2.75, 3.05) is 31.1 Å². The van der Waals surface area contributed by atoms with Gasteiger partial charge in [-0.05, 0) is 24.3 Å². The number of anilines is 1. The van der Waals surface area contributed by atoms with E-state index >= 15 is 0 Å². The van der Waals surface area contributed by atoms with Crippen molar-refractivity contribution in [3.8, 4) is 0 Å². The van der Waals surface area contributed by atoms with E-state index in [2.05, 4.69) is 20.4 Å². The number of hydrogen-bond donors (Lipinski definition) is 1. The molecule has 6 nitrogen and oxygen atoms in total. The Morgan fingerprint density at radius 3 is 2.64 bits per heavy atom. The molecule has 2 amide bonds. The van der Waals surface area contributed by atoms with E-state index in [1.807, 2.05) is 18.2 Å². The summed E-state index contributed by atoms with van der Waals surface area (Å²) in [6.07, 6.45) is 2.88. The van der Waals surface area contributed by atoms with E-state index in [9.17, 15) is 13.6 Å². The van der Waals surface area contributed by atoms with E-state index < -0.39 is 11.6 Å². The number of nitrogens with one attached hydrogen (secondary N) is 1. The number of rotatable bonds is 3. The summed E-state index contributed by atoms with van der Waals surface area (Å²) in [5.74, 6) is -0.515. The number of piperazine rings is 1. The molecule has 130 valence electrons. The van der Waals surface area contributed by atoms with Gasteiger partial charge in [-0.1, -0.05) is 6.07 Å². The number of benzene rings is 1. The largest absolute Gasteiger partial charge is 0.353 e. The Hall–Kier alpha value is -3.03. The lowest BCUT2D eigenvalue weighted by atomic mass is 10.2. The lowest BCUT2D eigenvalue weighted by Gasteiger charge is -2.34. The molecule has 1 fully saturated rings. The highest BCUT2D eigenvalue weighted by Gasteiger charge is 2.21. The first-order valence-corrected chi connectivity index (χ1v) is 7.82. The summed E-state index contributed by atoms with van der Waals surface area (Å²) in [6.45, 7) is 2.40. The Labute approximate surface area is 143 Å². The molecule has 25 heavy (non-hydrogen) atoms. The van der Waals surface area contributed by atoms with Gasteiger partial charge in [-0.2, -0.15) is 5.10 Å². The van der Waals surface area contributed by atoms with Crippen LogP contribution in [0.2, 0.25) is 0 Å². The first-order chi connectivity index (χ1) is 12.1. The van der Waals surface area contributed by atoms with Crippen LogP contribution in [0, 0.1) is 11.6 Å². The molecule has 1 aromatic carbocycles. The Balaban J connectivity index is 1.50. The molecule has 0 radical (unpaired) electrons. The molecule has 8 heteroatoms. The van der Waals surface area contributed by atoms with Crippen molar-refractivity contribution in [1.82, 2.24) is 15.3 Å². The summed E-state index contributed by atoms with van der Waals surface area (Å²) in [7, 11) is 0. The first kappa shape index (κ1) is 16.8. The van der Waals surface area contributed by atoms with Gasteiger partial charge in [-0.15, -0.1) is 0 Å². The minimum atomic E-state index is -0.734. The number of hydrogen-bond acceptors (Lipinski definition) is 4. The number of aromatic nitrogens is 1. The van der Waals surface area contributed by atoms with E-state index in [0.29, 0.717) is 26.2 Å². The van der Waals surface area contributed by atoms with Gasteiger partial charge in [0.25, 0.3) is 0 Å². The first-order valence-electron chi connectivity index (χ1n) is 7.82. The zero-order valence-electron chi connectivity index (χ0n) is 13.4. The fourth-order valence-electron chi connectivity index (χ4n) is 2.51. The molecule has 3 rings (SSSR count). The number of amides is 2. The van der Waals surface area contributed by atoms with Crippen LogP contribution in [-0.2, 0) is 0 Å². The summed E-state index contributed by atoms with van der Waals surface area (Å²) in [5, 5.41) is 3.73. The minimum absolute atomic E-state index is 0.0988. The summed E-state index contributed by atoms with van der Waals surface area (Å²) >= 11 is 0. The zero-order chi connectivity index (χ0) is 17.6. The molecule has 0 bridgehead atoms. The fourth-order valence-corrected chi connectivity index (χ4v) is 2.51. The number of urea groups is 1. The second-order valence-corrected chi connectivity index (χ2v) is 5.50. The number of halogens is 2. The summed E-state index contributed by atoms with van der Waals surface area (Å²) in [5.41, 5.74) is 2.46. The van der Waals surface area contributed by atoms with Gasteiger partial charge in [-0.3, -0.25) is 0 Å². The van der Waals surface area contributed by atoms with Crippen molar-refractivity contribution in [2.45, 2.75) is 0 Å². The van der Waals surface area contributed by atoms with E-state index in [4.69, 9.17) is 0 Å². The number of carbonyl (C=O) groups is 1. The lowest BCUT2D eigenvalue weighted by Crippen LogP contribution is -2.51. The highest BCUT2D eigenvalue weighted by Crippen LogP contribution is 2.12. The van der Waals surface area contributed by atoms with Gasteiger partial charge in [0, 0.05) is 44.0 Å². The number of pyridine rings is 1. The SMILES string of the molecule is O=C(N/N=C/c1ccc(F)cc1F)N1CCN(c2ccccn2)CC1. The van der Waals surface area contributed by atoms with Crippen molar-refractivity contribution in [1.29, 1.82) is 0 Å². The second kappa shape index (κ2) is 7.69. The molecule has 2 aromatic rings. The van der Waals surface area contributed by atoms with E-state index in [-0.39, 0.29) is 11.6 Å². The molecular formula is C17H17F2N5O. The van der Waals surface area contributed by atoms with Crippen LogP contribution in [0.1, 0.15) is 5.56 Å². The Morgan fingerprint density at radius 2 is 1.96 bits per heavy atom. The molecule has 0 aliphatic carbocycles. The Kier molecular flexibility index (Phi) is 5.17. The van der Waals surface area contributed by atoms with Crippen molar-refractivity contribution < 1.29 is 13.6 Å². The predicted octanol–water partition coefficient (Wildman–Crippen LogP) is 2.23. The van der Waals surface area contributed by atoms with Crippen LogP contribution in [0.5, 0.6) is 0 Å². The monoisotopic (exact) mass is 345 g/mol. The molecule has 1 aliphatic heterocycles. The van der Waals surface area contributed by atoms with E-state index in [1.165, 1.54) is 6.07 Å². The topological polar surface area (TPSA) is 60.8 Å². The molecule has 0 atom stereocenters. The maximum absolute atomic E-state index is 13.5. The molecule has 1 aromatic heterocycles. The standard InChI is InChI=1S/C17H17F2N5O/c18-14-5-4-13(15(19)11-14)12-21-22-17(25)24-9-7-23(8-10-24)16-3-1-2-6-20-16/h1-6,11-12H,7-10H2,(H,22,25)/b21-12+. The predicted molar refractivity (Wildman–Crippen MR) is 90.5 cm³/mol. The summed E-state index contributed by atoms with van der Waals surface area (Å²) in [4.78, 5) is 20.1. The van der Waals surface area contributed by atoms with Crippen LogP contribution in [0.25, 0.3) is 0 Å². The third kappa shape index (κ3) is 4.28. The third-order valence-corrected chi connectivity index (χ3v) is 3.87. The number of carbonyl (C=O) groups excluding carboxylic acids is 1. The van der Waals surface area contributed by atoms with Crippen LogP contribution >= 0.6 is 0 Å². The molecule has 1 aliphatic rings. The number of nitrogens with zero attached hydrogens (tertiary/aromatic N) is 4. The van der Waals surface area contributed by atoms with Gasteiger partial charge in [0.1, 0.15) is 17.5 Å².